The van der Waals surface area contributed by atoms with Crippen LogP contribution in [0.4, 0.5) is 11.6 Å². The first-order valence-electron chi connectivity index (χ1n) is 7.76. The molecule has 1 atom stereocenters. The van der Waals surface area contributed by atoms with E-state index in [1.165, 1.54) is 0 Å². The molecule has 0 radical (unpaired) electrons. The highest BCUT2D eigenvalue weighted by molar-refractivity contribution is 5.57. The summed E-state index contributed by atoms with van der Waals surface area (Å²) in [5.41, 5.74) is 1.08. The maximum absolute atomic E-state index is 9.29. The summed E-state index contributed by atoms with van der Waals surface area (Å²) in [7, 11) is 0. The standard InChI is InChI=1S/C16H30N4O/c1-7-9-17-14-11(2)15(19-12(3)18-14)20-13(8-10-21)16(4,5)6/h13,21H,7-10H2,1-6H3,(H2,17,18,19,20). The van der Waals surface area contributed by atoms with Crippen LogP contribution in [0.25, 0.3) is 0 Å². The number of hydrogen-bond donors (Lipinski definition) is 3. The molecule has 1 unspecified atom stereocenters. The van der Waals surface area contributed by atoms with Gasteiger partial charge in [-0.2, -0.15) is 0 Å². The minimum absolute atomic E-state index is 0.0467. The van der Waals surface area contributed by atoms with Crippen LogP contribution < -0.4 is 10.6 Å². The molecule has 0 aliphatic carbocycles. The van der Waals surface area contributed by atoms with Gasteiger partial charge in [-0.15, -0.1) is 0 Å². The van der Waals surface area contributed by atoms with E-state index in [4.69, 9.17) is 0 Å². The van der Waals surface area contributed by atoms with E-state index < -0.39 is 0 Å². The molecule has 0 bridgehead atoms. The summed E-state index contributed by atoms with van der Waals surface area (Å²) in [6.07, 6.45) is 1.75. The molecule has 5 heteroatoms. The first-order chi connectivity index (χ1) is 9.79. The van der Waals surface area contributed by atoms with Crippen molar-refractivity contribution in [3.05, 3.63) is 11.4 Å². The average Bonchev–Trinajstić information content (AvgIpc) is 2.39. The molecule has 1 aromatic rings. The van der Waals surface area contributed by atoms with Crippen molar-refractivity contribution in [2.75, 3.05) is 23.8 Å². The van der Waals surface area contributed by atoms with Crippen molar-refractivity contribution in [3.8, 4) is 0 Å². The van der Waals surface area contributed by atoms with Gasteiger partial charge in [-0.3, -0.25) is 0 Å². The molecule has 1 rings (SSSR count). The second-order valence-corrected chi connectivity index (χ2v) is 6.60. The normalized spacial score (nSPS) is 13.1. The minimum Gasteiger partial charge on any atom is -0.396 e. The molecule has 0 saturated heterocycles. The maximum Gasteiger partial charge on any atom is 0.134 e. The van der Waals surface area contributed by atoms with Gasteiger partial charge in [0.25, 0.3) is 0 Å². The van der Waals surface area contributed by atoms with E-state index in [1.54, 1.807) is 0 Å². The van der Waals surface area contributed by atoms with E-state index in [2.05, 4.69) is 48.3 Å². The summed E-state index contributed by atoms with van der Waals surface area (Å²) in [4.78, 5) is 9.01. The van der Waals surface area contributed by atoms with Crippen LogP contribution in [-0.4, -0.2) is 34.3 Å². The number of aliphatic hydroxyl groups is 1. The number of anilines is 2. The molecule has 0 saturated carbocycles. The van der Waals surface area contributed by atoms with Crippen LogP contribution in [0.15, 0.2) is 0 Å². The third kappa shape index (κ3) is 5.16. The average molecular weight is 294 g/mol. The van der Waals surface area contributed by atoms with Crippen molar-refractivity contribution in [2.24, 2.45) is 5.41 Å². The monoisotopic (exact) mass is 294 g/mol. The van der Waals surface area contributed by atoms with Crippen molar-refractivity contribution in [1.82, 2.24) is 9.97 Å². The van der Waals surface area contributed by atoms with Crippen molar-refractivity contribution in [3.63, 3.8) is 0 Å². The molecular weight excluding hydrogens is 264 g/mol. The van der Waals surface area contributed by atoms with E-state index in [0.29, 0.717) is 6.42 Å². The first-order valence-corrected chi connectivity index (χ1v) is 7.76. The van der Waals surface area contributed by atoms with Crippen LogP contribution in [0.3, 0.4) is 0 Å². The molecule has 1 heterocycles. The van der Waals surface area contributed by atoms with Crippen LogP contribution in [0.5, 0.6) is 0 Å². The van der Waals surface area contributed by atoms with E-state index in [9.17, 15) is 5.11 Å². The minimum atomic E-state index is 0.0467. The highest BCUT2D eigenvalue weighted by atomic mass is 16.3. The third-order valence-corrected chi connectivity index (χ3v) is 3.57. The topological polar surface area (TPSA) is 70.1 Å². The predicted octanol–water partition coefficient (Wildman–Crippen LogP) is 3.12. The fourth-order valence-electron chi connectivity index (χ4n) is 2.20. The molecule has 1 aromatic heterocycles. The molecule has 120 valence electrons. The number of rotatable bonds is 7. The summed E-state index contributed by atoms with van der Waals surface area (Å²) < 4.78 is 0. The molecule has 0 aliphatic rings. The van der Waals surface area contributed by atoms with Gasteiger partial charge < -0.3 is 15.7 Å². The smallest absolute Gasteiger partial charge is 0.134 e. The Kier molecular flexibility index (Phi) is 6.40. The molecule has 3 N–H and O–H groups in total. The number of aromatic nitrogens is 2. The van der Waals surface area contributed by atoms with Gasteiger partial charge in [-0.1, -0.05) is 27.7 Å². The van der Waals surface area contributed by atoms with Crippen LogP contribution in [0.2, 0.25) is 0 Å². The fourth-order valence-corrected chi connectivity index (χ4v) is 2.20. The lowest BCUT2D eigenvalue weighted by atomic mass is 9.85. The Morgan fingerprint density at radius 3 is 2.29 bits per heavy atom. The lowest BCUT2D eigenvalue weighted by molar-refractivity contribution is 0.235. The lowest BCUT2D eigenvalue weighted by Gasteiger charge is -2.32. The van der Waals surface area contributed by atoms with Crippen molar-refractivity contribution in [1.29, 1.82) is 0 Å². The molecule has 0 fully saturated rings. The zero-order valence-corrected chi connectivity index (χ0v) is 14.2. The molecule has 5 nitrogen and oxygen atoms in total. The Balaban J connectivity index is 3.03. The van der Waals surface area contributed by atoms with Crippen LogP contribution in [0, 0.1) is 19.3 Å². The lowest BCUT2D eigenvalue weighted by Crippen LogP contribution is -2.35. The summed E-state index contributed by atoms with van der Waals surface area (Å²) >= 11 is 0. The predicted molar refractivity (Wildman–Crippen MR) is 88.9 cm³/mol. The zero-order valence-electron chi connectivity index (χ0n) is 14.2. The molecule has 0 aliphatic heterocycles. The van der Waals surface area contributed by atoms with E-state index in [-0.39, 0.29) is 18.1 Å². The third-order valence-electron chi connectivity index (χ3n) is 3.57. The molecule has 0 amide bonds. The van der Waals surface area contributed by atoms with Crippen LogP contribution in [0.1, 0.15) is 51.9 Å². The molecule has 0 aromatic carbocycles. The summed E-state index contributed by atoms with van der Waals surface area (Å²) in [5.74, 6) is 2.50. The Labute approximate surface area is 128 Å². The van der Waals surface area contributed by atoms with Gasteiger partial charge >= 0.3 is 0 Å². The SMILES string of the molecule is CCCNc1nc(C)nc(NC(CCO)C(C)(C)C)c1C. The van der Waals surface area contributed by atoms with Crippen molar-refractivity contribution in [2.45, 2.75) is 60.4 Å². The van der Waals surface area contributed by atoms with Crippen molar-refractivity contribution < 1.29 is 5.11 Å². The quantitative estimate of drug-likeness (QED) is 0.721. The first kappa shape index (κ1) is 17.7. The summed E-state index contributed by atoms with van der Waals surface area (Å²) in [5, 5.41) is 16.1. The Morgan fingerprint density at radius 2 is 1.76 bits per heavy atom. The zero-order chi connectivity index (χ0) is 16.0. The van der Waals surface area contributed by atoms with Gasteiger partial charge in [-0.05, 0) is 32.1 Å². The van der Waals surface area contributed by atoms with E-state index >= 15 is 0 Å². The second kappa shape index (κ2) is 7.59. The van der Waals surface area contributed by atoms with Gasteiger partial charge in [0.1, 0.15) is 17.5 Å². The number of nitrogens with one attached hydrogen (secondary N) is 2. The van der Waals surface area contributed by atoms with Gasteiger partial charge in [0, 0.05) is 24.8 Å². The number of aliphatic hydroxyl groups excluding tert-OH is 1. The maximum atomic E-state index is 9.29. The van der Waals surface area contributed by atoms with E-state index in [1.807, 2.05) is 13.8 Å². The van der Waals surface area contributed by atoms with Crippen LogP contribution in [-0.2, 0) is 0 Å². The van der Waals surface area contributed by atoms with Gasteiger partial charge in [-0.25, -0.2) is 9.97 Å². The Hall–Kier alpha value is -1.36. The molecule has 21 heavy (non-hydrogen) atoms. The van der Waals surface area contributed by atoms with E-state index in [0.717, 1.165) is 36.0 Å². The molecule has 0 spiro atoms. The summed E-state index contributed by atoms with van der Waals surface area (Å²) in [6.45, 7) is 13.6. The second-order valence-electron chi connectivity index (χ2n) is 6.60. The van der Waals surface area contributed by atoms with Crippen molar-refractivity contribution >= 4 is 11.6 Å². The highest BCUT2D eigenvalue weighted by Gasteiger charge is 2.25. The van der Waals surface area contributed by atoms with Gasteiger partial charge in [0.05, 0.1) is 0 Å². The Morgan fingerprint density at radius 1 is 1.14 bits per heavy atom. The van der Waals surface area contributed by atoms with Gasteiger partial charge in [0.2, 0.25) is 0 Å². The highest BCUT2D eigenvalue weighted by Crippen LogP contribution is 2.28. The number of aryl methyl sites for hydroxylation is 1. The number of hydrogen-bond acceptors (Lipinski definition) is 5. The number of nitrogens with zero attached hydrogens (tertiary/aromatic N) is 2. The van der Waals surface area contributed by atoms with Gasteiger partial charge in [0.15, 0.2) is 0 Å². The van der Waals surface area contributed by atoms with Crippen LogP contribution >= 0.6 is 0 Å². The largest absolute Gasteiger partial charge is 0.396 e. The summed E-state index contributed by atoms with van der Waals surface area (Å²) in [6, 6.07) is 0.162. The molecular formula is C16H30N4O. The Bertz CT molecular complexity index is 454. The fraction of sp³-hybridized carbons (Fsp3) is 0.750.